The normalized spacial score (nSPS) is 10.7. The van der Waals surface area contributed by atoms with Crippen LogP contribution < -0.4 is 0 Å². The number of carboxylic acids is 1. The van der Waals surface area contributed by atoms with Crippen LogP contribution >= 0.6 is 0 Å². The molecule has 0 amide bonds. The molecule has 1 aromatic heterocycles. The van der Waals surface area contributed by atoms with Crippen molar-refractivity contribution in [3.8, 4) is 11.1 Å². The number of aromatic nitrogens is 1. The van der Waals surface area contributed by atoms with Crippen molar-refractivity contribution < 1.29 is 9.90 Å². The minimum Gasteiger partial charge on any atom is -0.477 e. The Morgan fingerprint density at radius 1 is 1.00 bits per heavy atom. The van der Waals surface area contributed by atoms with Gasteiger partial charge in [0.1, 0.15) is 5.69 Å². The van der Waals surface area contributed by atoms with Crippen molar-refractivity contribution in [2.45, 2.75) is 20.4 Å². The van der Waals surface area contributed by atoms with E-state index in [0.717, 1.165) is 27.8 Å². The number of rotatable bonds is 4. The predicted octanol–water partition coefficient (Wildman–Crippen LogP) is 4.52. The Bertz CT molecular complexity index is 830. The Labute approximate surface area is 135 Å². The monoisotopic (exact) mass is 305 g/mol. The summed E-state index contributed by atoms with van der Waals surface area (Å²) in [5, 5.41) is 9.73. The Hall–Kier alpha value is -2.81. The standard InChI is InChI=1S/C20H19NO2/c1-14-8-10-17(11-9-14)18-15(2)12-21(19(18)20(22)23)13-16-6-4-3-5-7-16/h3-12H,13H2,1-2H3,(H,22,23). The van der Waals surface area contributed by atoms with E-state index in [2.05, 4.69) is 0 Å². The molecular weight excluding hydrogens is 286 g/mol. The molecule has 0 saturated heterocycles. The van der Waals surface area contributed by atoms with Crippen LogP contribution in [0.2, 0.25) is 0 Å². The molecule has 0 atom stereocenters. The van der Waals surface area contributed by atoms with Crippen LogP contribution in [0.4, 0.5) is 0 Å². The molecule has 1 N–H and O–H groups in total. The van der Waals surface area contributed by atoms with E-state index in [1.54, 1.807) is 0 Å². The number of carboxylic acid groups (broad SMARTS) is 1. The zero-order valence-electron chi connectivity index (χ0n) is 13.3. The third kappa shape index (κ3) is 3.04. The van der Waals surface area contributed by atoms with Gasteiger partial charge in [0, 0.05) is 18.3 Å². The lowest BCUT2D eigenvalue weighted by molar-refractivity contribution is 0.0686. The Morgan fingerprint density at radius 3 is 2.26 bits per heavy atom. The van der Waals surface area contributed by atoms with E-state index in [-0.39, 0.29) is 0 Å². The molecular formula is C20H19NO2. The third-order valence-electron chi connectivity index (χ3n) is 4.01. The first-order valence-electron chi connectivity index (χ1n) is 7.60. The summed E-state index contributed by atoms with van der Waals surface area (Å²) in [6, 6.07) is 17.9. The summed E-state index contributed by atoms with van der Waals surface area (Å²) in [5.74, 6) is -0.899. The van der Waals surface area contributed by atoms with E-state index in [0.29, 0.717) is 12.2 Å². The predicted molar refractivity (Wildman–Crippen MR) is 91.8 cm³/mol. The van der Waals surface area contributed by atoms with E-state index < -0.39 is 5.97 Å². The largest absolute Gasteiger partial charge is 0.477 e. The van der Waals surface area contributed by atoms with Crippen LogP contribution in [0, 0.1) is 13.8 Å². The van der Waals surface area contributed by atoms with Gasteiger partial charge in [0.25, 0.3) is 0 Å². The van der Waals surface area contributed by atoms with Crippen LogP contribution in [0.15, 0.2) is 60.8 Å². The zero-order valence-corrected chi connectivity index (χ0v) is 13.3. The molecule has 0 aliphatic carbocycles. The highest BCUT2D eigenvalue weighted by Crippen LogP contribution is 2.30. The molecule has 2 aromatic carbocycles. The molecule has 0 saturated carbocycles. The first kappa shape index (κ1) is 15.1. The van der Waals surface area contributed by atoms with E-state index in [1.165, 1.54) is 0 Å². The molecule has 0 bridgehead atoms. The van der Waals surface area contributed by atoms with Gasteiger partial charge in [-0.25, -0.2) is 4.79 Å². The fraction of sp³-hybridized carbons (Fsp3) is 0.150. The molecule has 23 heavy (non-hydrogen) atoms. The molecule has 116 valence electrons. The van der Waals surface area contributed by atoms with E-state index in [4.69, 9.17) is 0 Å². The van der Waals surface area contributed by atoms with Gasteiger partial charge in [-0.1, -0.05) is 60.2 Å². The second-order valence-corrected chi connectivity index (χ2v) is 5.82. The van der Waals surface area contributed by atoms with Gasteiger partial charge < -0.3 is 9.67 Å². The maximum absolute atomic E-state index is 11.9. The summed E-state index contributed by atoms with van der Waals surface area (Å²) in [4.78, 5) is 11.9. The van der Waals surface area contributed by atoms with Crippen molar-refractivity contribution >= 4 is 5.97 Å². The molecule has 1 heterocycles. The first-order valence-corrected chi connectivity index (χ1v) is 7.60. The lowest BCUT2D eigenvalue weighted by atomic mass is 10.0. The summed E-state index contributed by atoms with van der Waals surface area (Å²) >= 11 is 0. The maximum Gasteiger partial charge on any atom is 0.353 e. The second-order valence-electron chi connectivity index (χ2n) is 5.82. The van der Waals surface area contributed by atoms with Crippen LogP contribution in [-0.4, -0.2) is 15.6 Å². The summed E-state index contributed by atoms with van der Waals surface area (Å²) in [7, 11) is 0. The van der Waals surface area contributed by atoms with Gasteiger partial charge in [0.05, 0.1) is 0 Å². The number of carbonyl (C=O) groups is 1. The first-order chi connectivity index (χ1) is 11.1. The molecule has 0 unspecified atom stereocenters. The molecule has 0 aliphatic rings. The minimum absolute atomic E-state index is 0.343. The number of aryl methyl sites for hydroxylation is 2. The summed E-state index contributed by atoms with van der Waals surface area (Å²) < 4.78 is 1.82. The highest BCUT2D eigenvalue weighted by atomic mass is 16.4. The Morgan fingerprint density at radius 2 is 1.65 bits per heavy atom. The van der Waals surface area contributed by atoms with Crippen LogP contribution in [0.1, 0.15) is 27.2 Å². The Kier molecular flexibility index (Phi) is 4.02. The molecule has 0 spiro atoms. The average molecular weight is 305 g/mol. The molecule has 0 aliphatic heterocycles. The van der Waals surface area contributed by atoms with Crippen molar-refractivity contribution in [3.63, 3.8) is 0 Å². The third-order valence-corrected chi connectivity index (χ3v) is 4.01. The fourth-order valence-corrected chi connectivity index (χ4v) is 2.91. The van der Waals surface area contributed by atoms with Gasteiger partial charge in [0.2, 0.25) is 0 Å². The lowest BCUT2D eigenvalue weighted by Crippen LogP contribution is -2.09. The number of benzene rings is 2. The van der Waals surface area contributed by atoms with E-state index in [9.17, 15) is 9.90 Å². The van der Waals surface area contributed by atoms with Crippen LogP contribution in [0.25, 0.3) is 11.1 Å². The van der Waals surface area contributed by atoms with Gasteiger partial charge in [-0.05, 0) is 30.5 Å². The lowest BCUT2D eigenvalue weighted by Gasteiger charge is -2.09. The van der Waals surface area contributed by atoms with Crippen LogP contribution in [-0.2, 0) is 6.54 Å². The molecule has 3 heteroatoms. The SMILES string of the molecule is Cc1ccc(-c2c(C)cn(Cc3ccccc3)c2C(=O)O)cc1. The van der Waals surface area contributed by atoms with Crippen molar-refractivity contribution in [2.24, 2.45) is 0 Å². The highest BCUT2D eigenvalue weighted by Gasteiger charge is 2.20. The maximum atomic E-state index is 11.9. The minimum atomic E-state index is -0.899. The van der Waals surface area contributed by atoms with Gasteiger partial charge in [0.15, 0.2) is 0 Å². The smallest absolute Gasteiger partial charge is 0.353 e. The van der Waals surface area contributed by atoms with Crippen LogP contribution in [0.3, 0.4) is 0 Å². The second kappa shape index (κ2) is 6.13. The summed E-state index contributed by atoms with van der Waals surface area (Å²) in [5.41, 5.74) is 5.30. The van der Waals surface area contributed by atoms with Crippen molar-refractivity contribution in [3.05, 3.63) is 83.2 Å². The molecule has 0 radical (unpaired) electrons. The molecule has 3 aromatic rings. The van der Waals surface area contributed by atoms with Crippen molar-refractivity contribution in [1.29, 1.82) is 0 Å². The van der Waals surface area contributed by atoms with Crippen LogP contribution in [0.5, 0.6) is 0 Å². The molecule has 3 nitrogen and oxygen atoms in total. The topological polar surface area (TPSA) is 42.2 Å². The van der Waals surface area contributed by atoms with E-state index >= 15 is 0 Å². The number of hydrogen-bond donors (Lipinski definition) is 1. The van der Waals surface area contributed by atoms with Crippen molar-refractivity contribution in [1.82, 2.24) is 4.57 Å². The van der Waals surface area contributed by atoms with Crippen molar-refractivity contribution in [2.75, 3.05) is 0 Å². The Balaban J connectivity index is 2.10. The van der Waals surface area contributed by atoms with E-state index in [1.807, 2.05) is 79.2 Å². The summed E-state index contributed by atoms with van der Waals surface area (Å²) in [6.45, 7) is 4.54. The quantitative estimate of drug-likeness (QED) is 0.770. The van der Waals surface area contributed by atoms with Gasteiger partial charge in [-0.3, -0.25) is 0 Å². The summed E-state index contributed by atoms with van der Waals surface area (Å²) in [6.07, 6.45) is 1.92. The number of hydrogen-bond acceptors (Lipinski definition) is 1. The van der Waals surface area contributed by atoms with Gasteiger partial charge in [-0.2, -0.15) is 0 Å². The van der Waals surface area contributed by atoms with Gasteiger partial charge >= 0.3 is 5.97 Å². The fourth-order valence-electron chi connectivity index (χ4n) is 2.91. The van der Waals surface area contributed by atoms with Gasteiger partial charge in [-0.15, -0.1) is 0 Å². The number of aromatic carboxylic acids is 1. The average Bonchev–Trinajstić information content (AvgIpc) is 2.85. The number of nitrogens with zero attached hydrogens (tertiary/aromatic N) is 1. The zero-order chi connectivity index (χ0) is 16.4. The molecule has 0 fully saturated rings. The highest BCUT2D eigenvalue weighted by molar-refractivity contribution is 5.96. The molecule has 3 rings (SSSR count).